The molecule has 2 heterocycles. The van der Waals surface area contributed by atoms with Gasteiger partial charge in [-0.3, -0.25) is 4.79 Å². The van der Waals surface area contributed by atoms with Crippen LogP contribution in [0.5, 0.6) is 0 Å². The van der Waals surface area contributed by atoms with Gasteiger partial charge in [0.1, 0.15) is 6.73 Å². The van der Waals surface area contributed by atoms with Gasteiger partial charge < -0.3 is 9.52 Å². The zero-order valence-electron chi connectivity index (χ0n) is 6.10. The number of aliphatic hydroxyl groups excluding tert-OH is 1. The Hall–Kier alpha value is -1.62. The van der Waals surface area contributed by atoms with E-state index in [2.05, 4.69) is 5.10 Å². The molecule has 0 aliphatic carbocycles. The number of aromatic nitrogens is 2. The standard InChI is InChI=1S/C7H6N2O3/c10-4-9-7(11)5-1-2-12-6(5)3-8-9/h1-3,10H,4H2. The fraction of sp³-hybridized carbons (Fsp3) is 0.143. The summed E-state index contributed by atoms with van der Waals surface area (Å²) in [5, 5.41) is 12.8. The number of aliphatic hydroxyl groups is 1. The summed E-state index contributed by atoms with van der Waals surface area (Å²) in [5.41, 5.74) is 0.0912. The van der Waals surface area contributed by atoms with Crippen molar-refractivity contribution in [3.63, 3.8) is 0 Å². The Labute approximate surface area is 66.8 Å². The minimum atomic E-state index is -0.417. The summed E-state index contributed by atoms with van der Waals surface area (Å²) in [5.74, 6) is 0. The van der Waals surface area contributed by atoms with Crippen molar-refractivity contribution in [3.05, 3.63) is 28.9 Å². The molecule has 0 saturated heterocycles. The largest absolute Gasteiger partial charge is 0.462 e. The molecule has 0 amide bonds. The second-order valence-electron chi connectivity index (χ2n) is 2.29. The van der Waals surface area contributed by atoms with Gasteiger partial charge in [0.05, 0.1) is 17.8 Å². The molecule has 0 spiro atoms. The van der Waals surface area contributed by atoms with E-state index < -0.39 is 6.73 Å². The Bertz CT molecular complexity index is 457. The summed E-state index contributed by atoms with van der Waals surface area (Å²) in [6.07, 6.45) is 2.81. The van der Waals surface area contributed by atoms with E-state index in [1.165, 1.54) is 12.5 Å². The SMILES string of the molecule is O=c1c2ccoc2cnn1CO. The minimum absolute atomic E-state index is 0.344. The van der Waals surface area contributed by atoms with Crippen LogP contribution in [0.15, 0.2) is 27.7 Å². The highest BCUT2D eigenvalue weighted by Gasteiger charge is 2.03. The van der Waals surface area contributed by atoms with Crippen LogP contribution in [0.4, 0.5) is 0 Å². The molecule has 5 nitrogen and oxygen atoms in total. The van der Waals surface area contributed by atoms with Crippen molar-refractivity contribution >= 4 is 11.0 Å². The molecule has 2 aromatic rings. The monoisotopic (exact) mass is 166 g/mol. The van der Waals surface area contributed by atoms with E-state index in [9.17, 15) is 4.79 Å². The fourth-order valence-electron chi connectivity index (χ4n) is 1.01. The average molecular weight is 166 g/mol. The highest BCUT2D eigenvalue weighted by Crippen LogP contribution is 2.07. The number of furan rings is 1. The summed E-state index contributed by atoms with van der Waals surface area (Å²) in [6.45, 7) is -0.417. The second kappa shape index (κ2) is 2.46. The molecule has 12 heavy (non-hydrogen) atoms. The third-order valence-corrected chi connectivity index (χ3v) is 1.61. The fourth-order valence-corrected chi connectivity index (χ4v) is 1.01. The third kappa shape index (κ3) is 0.835. The van der Waals surface area contributed by atoms with Crippen LogP contribution in [0.25, 0.3) is 11.0 Å². The first-order valence-electron chi connectivity index (χ1n) is 3.37. The summed E-state index contributed by atoms with van der Waals surface area (Å²) < 4.78 is 5.90. The molecule has 0 unspecified atom stereocenters. The van der Waals surface area contributed by atoms with Crippen LogP contribution >= 0.6 is 0 Å². The van der Waals surface area contributed by atoms with Crippen molar-refractivity contribution in [3.8, 4) is 0 Å². The molecule has 1 N–H and O–H groups in total. The molecule has 2 aromatic heterocycles. The van der Waals surface area contributed by atoms with Gasteiger partial charge in [-0.05, 0) is 6.07 Å². The average Bonchev–Trinajstić information content (AvgIpc) is 2.53. The number of rotatable bonds is 1. The minimum Gasteiger partial charge on any atom is -0.462 e. The predicted octanol–water partition coefficient (Wildman–Crippen LogP) is -0.0607. The van der Waals surface area contributed by atoms with Crippen molar-refractivity contribution in [2.24, 2.45) is 0 Å². The quantitative estimate of drug-likeness (QED) is 0.644. The molecular weight excluding hydrogens is 160 g/mol. The van der Waals surface area contributed by atoms with E-state index in [0.29, 0.717) is 11.0 Å². The van der Waals surface area contributed by atoms with Crippen LogP contribution in [-0.2, 0) is 6.73 Å². The van der Waals surface area contributed by atoms with Gasteiger partial charge in [0.25, 0.3) is 5.56 Å². The summed E-state index contributed by atoms with van der Waals surface area (Å²) in [7, 11) is 0. The third-order valence-electron chi connectivity index (χ3n) is 1.61. The van der Waals surface area contributed by atoms with Crippen LogP contribution in [0, 0.1) is 0 Å². The van der Waals surface area contributed by atoms with Crippen molar-refractivity contribution in [2.45, 2.75) is 6.73 Å². The zero-order chi connectivity index (χ0) is 8.55. The summed E-state index contributed by atoms with van der Waals surface area (Å²) >= 11 is 0. The van der Waals surface area contributed by atoms with Crippen LogP contribution in [-0.4, -0.2) is 14.9 Å². The molecule has 0 bridgehead atoms. The van der Waals surface area contributed by atoms with Crippen LogP contribution < -0.4 is 5.56 Å². The van der Waals surface area contributed by atoms with Crippen molar-refractivity contribution < 1.29 is 9.52 Å². The highest BCUT2D eigenvalue weighted by molar-refractivity contribution is 5.74. The van der Waals surface area contributed by atoms with E-state index in [-0.39, 0.29) is 5.56 Å². The van der Waals surface area contributed by atoms with Gasteiger partial charge in [-0.15, -0.1) is 0 Å². The number of nitrogens with zero attached hydrogens (tertiary/aromatic N) is 2. The van der Waals surface area contributed by atoms with E-state index in [0.717, 1.165) is 4.68 Å². The molecule has 0 radical (unpaired) electrons. The van der Waals surface area contributed by atoms with Crippen molar-refractivity contribution in [1.29, 1.82) is 0 Å². The molecule has 0 aliphatic rings. The summed E-state index contributed by atoms with van der Waals surface area (Å²) in [6, 6.07) is 1.55. The van der Waals surface area contributed by atoms with Crippen LogP contribution in [0.3, 0.4) is 0 Å². The number of hydrogen-bond acceptors (Lipinski definition) is 4. The molecule has 0 fully saturated rings. The van der Waals surface area contributed by atoms with Gasteiger partial charge in [0.2, 0.25) is 0 Å². The normalized spacial score (nSPS) is 10.8. The first kappa shape index (κ1) is 7.05. The molecule has 5 heteroatoms. The molecule has 0 atom stereocenters. The molecular formula is C7H6N2O3. The van der Waals surface area contributed by atoms with E-state index in [1.807, 2.05) is 0 Å². The van der Waals surface area contributed by atoms with Gasteiger partial charge >= 0.3 is 0 Å². The first-order chi connectivity index (χ1) is 5.83. The van der Waals surface area contributed by atoms with Gasteiger partial charge in [-0.1, -0.05) is 0 Å². The predicted molar refractivity (Wildman–Crippen MR) is 40.5 cm³/mol. The summed E-state index contributed by atoms with van der Waals surface area (Å²) in [4.78, 5) is 11.3. The lowest BCUT2D eigenvalue weighted by Crippen LogP contribution is -2.21. The van der Waals surface area contributed by atoms with E-state index in [1.54, 1.807) is 6.07 Å². The maximum atomic E-state index is 11.3. The lowest BCUT2D eigenvalue weighted by atomic mass is 10.4. The molecule has 0 aromatic carbocycles. The van der Waals surface area contributed by atoms with E-state index in [4.69, 9.17) is 9.52 Å². The Kier molecular flexibility index (Phi) is 1.44. The first-order valence-corrected chi connectivity index (χ1v) is 3.37. The van der Waals surface area contributed by atoms with Crippen LogP contribution in [0.1, 0.15) is 0 Å². The number of fused-ring (bicyclic) bond motifs is 1. The van der Waals surface area contributed by atoms with Crippen LogP contribution in [0.2, 0.25) is 0 Å². The molecule has 62 valence electrons. The van der Waals surface area contributed by atoms with Crippen molar-refractivity contribution in [1.82, 2.24) is 9.78 Å². The van der Waals surface area contributed by atoms with E-state index >= 15 is 0 Å². The highest BCUT2D eigenvalue weighted by atomic mass is 16.3. The lowest BCUT2D eigenvalue weighted by Gasteiger charge is -1.96. The zero-order valence-corrected chi connectivity index (χ0v) is 6.10. The van der Waals surface area contributed by atoms with Gasteiger partial charge in [-0.2, -0.15) is 5.10 Å². The smallest absolute Gasteiger partial charge is 0.280 e. The van der Waals surface area contributed by atoms with Gasteiger partial charge in [0, 0.05) is 0 Å². The second-order valence-corrected chi connectivity index (χ2v) is 2.29. The Morgan fingerprint density at radius 2 is 2.50 bits per heavy atom. The van der Waals surface area contributed by atoms with Gasteiger partial charge in [-0.25, -0.2) is 4.68 Å². The topological polar surface area (TPSA) is 68.3 Å². The number of hydrogen-bond donors (Lipinski definition) is 1. The molecule has 0 aliphatic heterocycles. The Balaban J connectivity index is 2.88. The van der Waals surface area contributed by atoms with Gasteiger partial charge in [0.15, 0.2) is 5.58 Å². The van der Waals surface area contributed by atoms with Crippen molar-refractivity contribution in [2.75, 3.05) is 0 Å². The maximum Gasteiger partial charge on any atom is 0.280 e. The molecule has 2 rings (SSSR count). The Morgan fingerprint density at radius 1 is 1.67 bits per heavy atom. The Morgan fingerprint density at radius 3 is 3.25 bits per heavy atom. The molecule has 0 saturated carbocycles. The lowest BCUT2D eigenvalue weighted by molar-refractivity contribution is 0.189. The maximum absolute atomic E-state index is 11.3.